The number of cyclic esters (lactones) is 1. The first kappa shape index (κ1) is 18.4. The minimum absolute atomic E-state index is 0.125. The van der Waals surface area contributed by atoms with Crippen molar-refractivity contribution in [3.63, 3.8) is 0 Å². The van der Waals surface area contributed by atoms with Gasteiger partial charge in [-0.15, -0.1) is 0 Å². The number of rotatable bonds is 2. The average Bonchev–Trinajstić information content (AvgIpc) is 3.16. The van der Waals surface area contributed by atoms with Crippen LogP contribution in [-0.2, 0) is 34.7 Å². The molecule has 8 nitrogen and oxygen atoms in total. The smallest absolute Gasteiger partial charge is 0.343 e. The Balaban J connectivity index is 1.66. The molecule has 158 valence electrons. The van der Waals surface area contributed by atoms with Crippen molar-refractivity contribution in [2.24, 2.45) is 0 Å². The van der Waals surface area contributed by atoms with Crippen LogP contribution in [0, 0.1) is 0 Å². The van der Waals surface area contributed by atoms with Gasteiger partial charge in [0.05, 0.1) is 41.8 Å². The molecule has 6 rings (SSSR count). The molecule has 0 saturated heterocycles. The molecule has 2 aromatic heterocycles. The maximum atomic E-state index is 13.4. The van der Waals surface area contributed by atoms with Crippen LogP contribution in [0.25, 0.3) is 22.3 Å². The van der Waals surface area contributed by atoms with Crippen molar-refractivity contribution in [1.29, 1.82) is 0 Å². The Morgan fingerprint density at radius 2 is 2.13 bits per heavy atom. The maximum absolute atomic E-state index is 13.4. The van der Waals surface area contributed by atoms with Crippen LogP contribution in [-0.4, -0.2) is 34.3 Å². The molecule has 3 aliphatic rings. The van der Waals surface area contributed by atoms with E-state index in [0.717, 1.165) is 52.1 Å². The number of carbonyl (C=O) groups excluding carboxylic acids is 1. The molecule has 0 bridgehead atoms. The van der Waals surface area contributed by atoms with Crippen LogP contribution in [0.3, 0.4) is 0 Å². The molecule has 5 heterocycles. The van der Waals surface area contributed by atoms with Crippen molar-refractivity contribution in [2.45, 2.75) is 38.5 Å². The summed E-state index contributed by atoms with van der Waals surface area (Å²) in [6.07, 6.45) is 0.935. The molecule has 3 aromatic rings. The van der Waals surface area contributed by atoms with E-state index in [2.05, 4.69) is 5.32 Å². The van der Waals surface area contributed by atoms with Crippen LogP contribution >= 0.6 is 0 Å². The predicted molar refractivity (Wildman–Crippen MR) is 113 cm³/mol. The molecule has 2 N–H and O–H groups in total. The van der Waals surface area contributed by atoms with Crippen molar-refractivity contribution in [2.75, 3.05) is 19.0 Å². The standard InChI is InChI=1S/C23H21N3O5/c1-3-23(29)14-8-16-19-12(9-26(16)21(27)13(14)10-31-22(23)28)11-6-7-24-20-17(30-2)5-4-15(25-19)18(11)20/h4-5,8,24,29H,3,6-7,9-10H2,1-2H3/t23-/m0/s1. The average molecular weight is 419 g/mol. The van der Waals surface area contributed by atoms with Crippen LogP contribution in [0.15, 0.2) is 23.0 Å². The topological polar surface area (TPSA) is 103 Å². The Morgan fingerprint density at radius 1 is 1.29 bits per heavy atom. The molecule has 0 unspecified atom stereocenters. The Kier molecular flexibility index (Phi) is 3.60. The third-order valence-corrected chi connectivity index (χ3v) is 6.83. The lowest BCUT2D eigenvalue weighted by molar-refractivity contribution is -0.172. The van der Waals surface area contributed by atoms with E-state index in [4.69, 9.17) is 14.5 Å². The van der Waals surface area contributed by atoms with Gasteiger partial charge in [0.25, 0.3) is 5.56 Å². The zero-order valence-corrected chi connectivity index (χ0v) is 17.2. The number of ether oxygens (including phenoxy) is 2. The number of methoxy groups -OCH3 is 1. The number of hydrogen-bond acceptors (Lipinski definition) is 7. The number of nitrogens with zero attached hydrogens (tertiary/aromatic N) is 2. The molecule has 0 amide bonds. The number of pyridine rings is 2. The summed E-state index contributed by atoms with van der Waals surface area (Å²) < 4.78 is 12.4. The van der Waals surface area contributed by atoms with Crippen molar-refractivity contribution in [3.8, 4) is 17.1 Å². The fraction of sp³-hybridized carbons (Fsp3) is 0.348. The summed E-state index contributed by atoms with van der Waals surface area (Å²) in [7, 11) is 1.65. The zero-order valence-electron chi connectivity index (χ0n) is 17.2. The summed E-state index contributed by atoms with van der Waals surface area (Å²) in [5.74, 6) is 0.0523. The molecule has 1 aromatic carbocycles. The second kappa shape index (κ2) is 6.07. The van der Waals surface area contributed by atoms with Crippen LogP contribution in [0.5, 0.6) is 5.75 Å². The Hall–Kier alpha value is -3.39. The molecular weight excluding hydrogens is 398 g/mol. The quantitative estimate of drug-likeness (QED) is 0.480. The minimum atomic E-state index is -1.82. The van der Waals surface area contributed by atoms with Crippen LogP contribution in [0.4, 0.5) is 5.69 Å². The molecule has 31 heavy (non-hydrogen) atoms. The third-order valence-electron chi connectivity index (χ3n) is 6.83. The van der Waals surface area contributed by atoms with E-state index in [9.17, 15) is 14.7 Å². The summed E-state index contributed by atoms with van der Waals surface area (Å²) >= 11 is 0. The number of benzene rings is 1. The minimum Gasteiger partial charge on any atom is -0.495 e. The summed E-state index contributed by atoms with van der Waals surface area (Å²) in [5.41, 5.74) is 3.90. The van der Waals surface area contributed by atoms with Crippen molar-refractivity contribution in [3.05, 3.63) is 50.8 Å². The first-order chi connectivity index (χ1) is 15.0. The van der Waals surface area contributed by atoms with Gasteiger partial charge in [0, 0.05) is 23.1 Å². The number of fused-ring (bicyclic) bond motifs is 5. The second-order valence-electron chi connectivity index (χ2n) is 8.23. The van der Waals surface area contributed by atoms with Gasteiger partial charge in [0.2, 0.25) is 0 Å². The number of hydrogen-bond donors (Lipinski definition) is 2. The highest BCUT2D eigenvalue weighted by Crippen LogP contribution is 2.44. The third kappa shape index (κ3) is 2.20. The Morgan fingerprint density at radius 3 is 2.90 bits per heavy atom. The number of carbonyl (C=O) groups is 1. The Bertz CT molecular complexity index is 1380. The molecule has 0 saturated carbocycles. The van der Waals surface area contributed by atoms with Crippen molar-refractivity contribution < 1.29 is 19.4 Å². The van der Waals surface area contributed by atoms with Gasteiger partial charge in [-0.1, -0.05) is 6.92 Å². The lowest BCUT2D eigenvalue weighted by Crippen LogP contribution is -2.44. The van der Waals surface area contributed by atoms with E-state index in [-0.39, 0.29) is 18.6 Å². The van der Waals surface area contributed by atoms with E-state index in [1.807, 2.05) is 12.1 Å². The number of nitrogens with one attached hydrogen (secondary N) is 1. The van der Waals surface area contributed by atoms with Crippen molar-refractivity contribution >= 4 is 22.6 Å². The van der Waals surface area contributed by atoms with Gasteiger partial charge < -0.3 is 24.5 Å². The van der Waals surface area contributed by atoms with Gasteiger partial charge in [0.1, 0.15) is 12.4 Å². The van der Waals surface area contributed by atoms with E-state index >= 15 is 0 Å². The van der Waals surface area contributed by atoms with Gasteiger partial charge in [-0.25, -0.2) is 9.78 Å². The SMILES string of the molecule is CC[C@@]1(O)C(=O)OCc2c1cc1n(c2=O)Cc2c-1nc1ccc(OC)c3c1c2CCN3. The van der Waals surface area contributed by atoms with Crippen LogP contribution in [0.2, 0.25) is 0 Å². The molecule has 0 fully saturated rings. The highest BCUT2D eigenvalue weighted by Gasteiger charge is 2.45. The van der Waals surface area contributed by atoms with Gasteiger partial charge >= 0.3 is 5.97 Å². The summed E-state index contributed by atoms with van der Waals surface area (Å²) in [6.45, 7) is 2.75. The van der Waals surface area contributed by atoms with E-state index in [1.54, 1.807) is 24.7 Å². The molecule has 0 radical (unpaired) electrons. The monoisotopic (exact) mass is 419 g/mol. The number of aromatic nitrogens is 2. The predicted octanol–water partition coefficient (Wildman–Crippen LogP) is 2.06. The summed E-state index contributed by atoms with van der Waals surface area (Å²) in [6, 6.07) is 5.57. The van der Waals surface area contributed by atoms with Gasteiger partial charge in [-0.3, -0.25) is 4.79 Å². The molecule has 8 heteroatoms. The highest BCUT2D eigenvalue weighted by molar-refractivity contribution is 6.01. The fourth-order valence-electron chi connectivity index (χ4n) is 5.18. The molecular formula is C23H21N3O5. The normalized spacial score (nSPS) is 20.5. The summed E-state index contributed by atoms with van der Waals surface area (Å²) in [4.78, 5) is 30.6. The first-order valence-electron chi connectivity index (χ1n) is 10.4. The summed E-state index contributed by atoms with van der Waals surface area (Å²) in [5, 5.41) is 15.5. The van der Waals surface area contributed by atoms with E-state index in [0.29, 0.717) is 23.4 Å². The fourth-order valence-corrected chi connectivity index (χ4v) is 5.18. The number of esters is 1. The highest BCUT2D eigenvalue weighted by atomic mass is 16.6. The largest absolute Gasteiger partial charge is 0.495 e. The first-order valence-corrected chi connectivity index (χ1v) is 10.4. The van der Waals surface area contributed by atoms with Gasteiger partial charge in [-0.2, -0.15) is 0 Å². The van der Waals surface area contributed by atoms with E-state index in [1.165, 1.54) is 0 Å². The maximum Gasteiger partial charge on any atom is 0.343 e. The number of anilines is 1. The number of aliphatic hydroxyl groups is 1. The van der Waals surface area contributed by atoms with Gasteiger partial charge in [0.15, 0.2) is 5.60 Å². The Labute approximate surface area is 177 Å². The van der Waals surface area contributed by atoms with Crippen LogP contribution in [0.1, 0.15) is 35.6 Å². The molecule has 0 spiro atoms. The van der Waals surface area contributed by atoms with Gasteiger partial charge in [-0.05, 0) is 36.6 Å². The molecule has 1 atom stereocenters. The lowest BCUT2D eigenvalue weighted by atomic mass is 9.86. The van der Waals surface area contributed by atoms with E-state index < -0.39 is 11.6 Å². The van der Waals surface area contributed by atoms with Crippen molar-refractivity contribution in [1.82, 2.24) is 9.55 Å². The molecule has 3 aliphatic heterocycles. The lowest BCUT2D eigenvalue weighted by Gasteiger charge is -2.31. The molecule has 0 aliphatic carbocycles. The van der Waals surface area contributed by atoms with Crippen LogP contribution < -0.4 is 15.6 Å². The second-order valence-corrected chi connectivity index (χ2v) is 8.23. The zero-order chi connectivity index (χ0) is 21.5.